The Morgan fingerprint density at radius 1 is 1.17 bits per heavy atom. The molecule has 0 aliphatic carbocycles. The molecule has 0 bridgehead atoms. The number of hydrogen-bond donors (Lipinski definition) is 1. The smallest absolute Gasteiger partial charge is 0.158 e. The number of fused-ring (bicyclic) bond motifs is 1. The summed E-state index contributed by atoms with van der Waals surface area (Å²) >= 11 is 0. The first-order chi connectivity index (χ1) is 8.66. The summed E-state index contributed by atoms with van der Waals surface area (Å²) in [4.78, 5) is 7.93. The van der Waals surface area contributed by atoms with E-state index in [0.717, 1.165) is 11.6 Å². The summed E-state index contributed by atoms with van der Waals surface area (Å²) in [6, 6.07) is 2.30. The third kappa shape index (κ3) is 1.50. The Kier molecular flexibility index (Phi) is 2.22. The summed E-state index contributed by atoms with van der Waals surface area (Å²) in [7, 11) is 0. The minimum Gasteiger partial charge on any atom is -0.396 e. The zero-order valence-corrected chi connectivity index (χ0v) is 9.14. The molecular weight excluding hydrogens is 238 g/mol. The van der Waals surface area contributed by atoms with Crippen molar-refractivity contribution < 1.29 is 8.78 Å². The van der Waals surface area contributed by atoms with Crippen molar-refractivity contribution in [3.63, 3.8) is 0 Å². The van der Waals surface area contributed by atoms with Gasteiger partial charge >= 0.3 is 0 Å². The monoisotopic (exact) mass is 246 g/mol. The number of benzene rings is 1. The lowest BCUT2D eigenvalue weighted by molar-refractivity contribution is 0.591. The van der Waals surface area contributed by atoms with Gasteiger partial charge in [0.2, 0.25) is 0 Å². The average Bonchev–Trinajstić information content (AvgIpc) is 2.82. The van der Waals surface area contributed by atoms with Crippen molar-refractivity contribution in [3.05, 3.63) is 48.7 Å². The summed E-state index contributed by atoms with van der Waals surface area (Å²) in [5, 5.41) is 0. The Bertz CT molecular complexity index is 736. The molecule has 0 spiro atoms. The van der Waals surface area contributed by atoms with Crippen LogP contribution < -0.4 is 5.73 Å². The second-order valence-electron chi connectivity index (χ2n) is 3.82. The van der Waals surface area contributed by atoms with Gasteiger partial charge in [-0.1, -0.05) is 0 Å². The second-order valence-corrected chi connectivity index (χ2v) is 3.82. The number of imidazole rings is 1. The van der Waals surface area contributed by atoms with Gasteiger partial charge in [0.1, 0.15) is 5.82 Å². The molecule has 0 aliphatic rings. The Balaban J connectivity index is 2.28. The van der Waals surface area contributed by atoms with Crippen molar-refractivity contribution in [2.24, 2.45) is 0 Å². The fourth-order valence-corrected chi connectivity index (χ4v) is 1.76. The molecule has 2 aromatic heterocycles. The van der Waals surface area contributed by atoms with Crippen LogP contribution in [0.1, 0.15) is 0 Å². The number of hydrogen-bond acceptors (Lipinski definition) is 3. The number of rotatable bonds is 1. The highest BCUT2D eigenvalue weighted by Gasteiger charge is 2.15. The van der Waals surface area contributed by atoms with Gasteiger partial charge in [-0.2, -0.15) is 0 Å². The van der Waals surface area contributed by atoms with Crippen molar-refractivity contribution >= 4 is 11.2 Å². The highest BCUT2D eigenvalue weighted by molar-refractivity contribution is 5.66. The minimum atomic E-state index is -0.804. The third-order valence-electron chi connectivity index (χ3n) is 2.67. The molecule has 2 heterocycles. The van der Waals surface area contributed by atoms with Crippen LogP contribution in [-0.4, -0.2) is 14.4 Å². The van der Waals surface area contributed by atoms with Crippen LogP contribution in [0.2, 0.25) is 0 Å². The molecule has 4 nitrogen and oxygen atoms in total. The number of aromatic nitrogens is 3. The molecule has 0 atom stereocenters. The Morgan fingerprint density at radius 3 is 2.83 bits per heavy atom. The fourth-order valence-electron chi connectivity index (χ4n) is 1.76. The van der Waals surface area contributed by atoms with Gasteiger partial charge < -0.3 is 10.1 Å². The van der Waals surface area contributed by atoms with Crippen LogP contribution in [0.15, 0.2) is 37.1 Å². The highest BCUT2D eigenvalue weighted by atomic mass is 19.1. The molecule has 1 aromatic carbocycles. The number of nitrogen functional groups attached to an aromatic ring is 1. The normalized spacial score (nSPS) is 11.0. The number of nitrogens with two attached hydrogens (primary N) is 1. The van der Waals surface area contributed by atoms with Crippen molar-refractivity contribution in [1.29, 1.82) is 0 Å². The lowest BCUT2D eigenvalue weighted by Crippen LogP contribution is -1.99. The fraction of sp³-hybridized carbons (Fsp3) is 0. The first-order valence-electron chi connectivity index (χ1n) is 5.18. The molecule has 0 fully saturated rings. The van der Waals surface area contributed by atoms with Crippen LogP contribution in [0.3, 0.4) is 0 Å². The summed E-state index contributed by atoms with van der Waals surface area (Å²) in [6.07, 6.45) is 6.12. The SMILES string of the molecule is Nc1ccc(F)c(-c2cn3cncc3cn2)c1F. The zero-order valence-electron chi connectivity index (χ0n) is 9.14. The zero-order chi connectivity index (χ0) is 12.7. The predicted molar refractivity (Wildman–Crippen MR) is 62.8 cm³/mol. The Morgan fingerprint density at radius 2 is 2.00 bits per heavy atom. The maximum Gasteiger partial charge on any atom is 0.158 e. The van der Waals surface area contributed by atoms with E-state index in [9.17, 15) is 8.78 Å². The molecule has 3 rings (SSSR count). The Hall–Kier alpha value is -2.50. The summed E-state index contributed by atoms with van der Waals surface area (Å²) < 4.78 is 29.2. The van der Waals surface area contributed by atoms with E-state index >= 15 is 0 Å². The summed E-state index contributed by atoms with van der Waals surface area (Å²) in [5.74, 6) is -1.50. The molecule has 0 saturated heterocycles. The van der Waals surface area contributed by atoms with E-state index in [1.54, 1.807) is 10.6 Å². The van der Waals surface area contributed by atoms with Crippen molar-refractivity contribution in [1.82, 2.24) is 14.4 Å². The van der Waals surface area contributed by atoms with Crippen molar-refractivity contribution in [2.75, 3.05) is 5.73 Å². The largest absolute Gasteiger partial charge is 0.396 e. The summed E-state index contributed by atoms with van der Waals surface area (Å²) in [6.45, 7) is 0. The molecule has 90 valence electrons. The first kappa shape index (κ1) is 10.6. The molecule has 6 heteroatoms. The van der Waals surface area contributed by atoms with E-state index in [0.29, 0.717) is 0 Å². The quantitative estimate of drug-likeness (QED) is 0.670. The molecule has 0 radical (unpaired) electrons. The molecule has 0 aliphatic heterocycles. The van der Waals surface area contributed by atoms with E-state index in [4.69, 9.17) is 5.73 Å². The predicted octanol–water partition coefficient (Wildman–Crippen LogP) is 2.26. The summed E-state index contributed by atoms with van der Waals surface area (Å²) in [5.41, 5.74) is 6.00. The second kappa shape index (κ2) is 3.76. The molecule has 18 heavy (non-hydrogen) atoms. The van der Waals surface area contributed by atoms with Crippen molar-refractivity contribution in [2.45, 2.75) is 0 Å². The maximum atomic E-state index is 13.8. The standard InChI is InChI=1S/C12H8F2N4/c13-8-1-2-9(15)12(14)11(8)10-5-18-6-16-3-7(18)4-17-10/h1-6H,15H2. The Labute approximate surface area is 101 Å². The highest BCUT2D eigenvalue weighted by Crippen LogP contribution is 2.27. The van der Waals surface area contributed by atoms with Crippen LogP contribution in [-0.2, 0) is 0 Å². The van der Waals surface area contributed by atoms with Gasteiger partial charge in [-0.3, -0.25) is 4.98 Å². The third-order valence-corrected chi connectivity index (χ3v) is 2.67. The number of nitrogens with zero attached hydrogens (tertiary/aromatic N) is 3. The molecule has 2 N–H and O–H groups in total. The lowest BCUT2D eigenvalue weighted by Gasteiger charge is -2.06. The first-order valence-corrected chi connectivity index (χ1v) is 5.18. The van der Waals surface area contributed by atoms with Gasteiger partial charge in [0.05, 0.1) is 41.2 Å². The van der Waals surface area contributed by atoms with E-state index < -0.39 is 11.6 Å². The number of halogens is 2. The van der Waals surface area contributed by atoms with Gasteiger partial charge in [-0.05, 0) is 12.1 Å². The van der Waals surface area contributed by atoms with E-state index in [1.807, 2.05) is 0 Å². The van der Waals surface area contributed by atoms with Gasteiger partial charge in [0.25, 0.3) is 0 Å². The van der Waals surface area contributed by atoms with Crippen LogP contribution in [0.5, 0.6) is 0 Å². The molecule has 0 unspecified atom stereocenters. The molecule has 3 aromatic rings. The van der Waals surface area contributed by atoms with Crippen LogP contribution >= 0.6 is 0 Å². The van der Waals surface area contributed by atoms with Gasteiger partial charge in [0.15, 0.2) is 5.82 Å². The van der Waals surface area contributed by atoms with Gasteiger partial charge in [0, 0.05) is 6.20 Å². The van der Waals surface area contributed by atoms with Crippen LogP contribution in [0.4, 0.5) is 14.5 Å². The van der Waals surface area contributed by atoms with E-state index in [-0.39, 0.29) is 16.9 Å². The van der Waals surface area contributed by atoms with Crippen LogP contribution in [0.25, 0.3) is 16.8 Å². The van der Waals surface area contributed by atoms with Gasteiger partial charge in [-0.15, -0.1) is 0 Å². The lowest BCUT2D eigenvalue weighted by atomic mass is 10.1. The van der Waals surface area contributed by atoms with Crippen LogP contribution in [0, 0.1) is 11.6 Å². The van der Waals surface area contributed by atoms with E-state index in [1.165, 1.54) is 24.8 Å². The average molecular weight is 246 g/mol. The maximum absolute atomic E-state index is 13.8. The van der Waals surface area contributed by atoms with Gasteiger partial charge in [-0.25, -0.2) is 13.8 Å². The molecule has 0 amide bonds. The number of anilines is 1. The minimum absolute atomic E-state index is 0.112. The topological polar surface area (TPSA) is 56.2 Å². The van der Waals surface area contributed by atoms with Crippen molar-refractivity contribution in [3.8, 4) is 11.3 Å². The molecular formula is C12H8F2N4. The van der Waals surface area contributed by atoms with E-state index in [2.05, 4.69) is 9.97 Å². The molecule has 0 saturated carbocycles.